The molecule has 1 fully saturated rings. The third-order valence-corrected chi connectivity index (χ3v) is 5.54. The lowest BCUT2D eigenvalue weighted by molar-refractivity contribution is 0.149. The fraction of sp³-hybridized carbons (Fsp3) is 0.333. The average molecular weight is 406 g/mol. The number of aromatic nitrogens is 5. The molecule has 0 aromatic carbocycles. The molecule has 8 nitrogen and oxygen atoms in total. The maximum Gasteiger partial charge on any atom is 0.243 e. The Morgan fingerprint density at radius 1 is 1.13 bits per heavy atom. The van der Waals surface area contributed by atoms with Gasteiger partial charge in [-0.3, -0.25) is 4.98 Å². The molecule has 0 aliphatic carbocycles. The van der Waals surface area contributed by atoms with Crippen molar-refractivity contribution in [2.45, 2.75) is 18.6 Å². The first-order valence-corrected chi connectivity index (χ1v) is 10.0. The maximum absolute atomic E-state index is 14.4. The molecule has 154 valence electrons. The van der Waals surface area contributed by atoms with Crippen molar-refractivity contribution in [1.29, 1.82) is 0 Å². The minimum absolute atomic E-state index is 0.298. The first kappa shape index (κ1) is 18.7. The normalized spacial score (nSPS) is 20.0. The molecule has 0 radical (unpaired) electrons. The molecule has 0 spiro atoms. The minimum atomic E-state index is -0.961. The zero-order valence-electron chi connectivity index (χ0n) is 16.9. The number of likely N-dealkylation sites (tertiary alicyclic amines) is 1. The summed E-state index contributed by atoms with van der Waals surface area (Å²) >= 11 is 0. The molecule has 2 N–H and O–H groups in total. The molecule has 2 atom stereocenters. The quantitative estimate of drug-likeness (QED) is 0.539. The number of nitrogens with zero attached hydrogens (tertiary/aromatic N) is 6. The van der Waals surface area contributed by atoms with Gasteiger partial charge in [0.1, 0.15) is 11.7 Å². The molecule has 1 aliphatic heterocycles. The van der Waals surface area contributed by atoms with Crippen LogP contribution in [0.1, 0.15) is 6.42 Å². The molecular formula is C21H23FN8. The standard InChI is InChI=1S/C21H23FN8/c1-23-20-19-13(15-5-6-17-18(25-15)4-3-9-24-17)7-11-30(19)28-21(27-20)26-16-8-10-29(2)12-14(16)22/h3-7,9,11,14,16H,8,10,12H2,1-2H3,(H2,23,26,27,28)/t14-,16+/m0/s1. The van der Waals surface area contributed by atoms with Gasteiger partial charge in [0.25, 0.3) is 0 Å². The fourth-order valence-corrected chi connectivity index (χ4v) is 3.96. The van der Waals surface area contributed by atoms with Crippen molar-refractivity contribution in [2.75, 3.05) is 37.8 Å². The van der Waals surface area contributed by atoms with Crippen molar-refractivity contribution in [2.24, 2.45) is 0 Å². The van der Waals surface area contributed by atoms with Gasteiger partial charge in [-0.05, 0) is 43.8 Å². The van der Waals surface area contributed by atoms with Crippen molar-refractivity contribution in [3.8, 4) is 11.3 Å². The van der Waals surface area contributed by atoms with Crippen LogP contribution in [-0.4, -0.2) is 68.9 Å². The summed E-state index contributed by atoms with van der Waals surface area (Å²) in [5.74, 6) is 1.06. The lowest BCUT2D eigenvalue weighted by Crippen LogP contribution is -2.46. The van der Waals surface area contributed by atoms with E-state index in [9.17, 15) is 4.39 Å². The molecule has 1 aliphatic rings. The Balaban J connectivity index is 1.52. The van der Waals surface area contributed by atoms with Gasteiger partial charge in [0.05, 0.1) is 22.8 Å². The van der Waals surface area contributed by atoms with Gasteiger partial charge in [0.2, 0.25) is 5.95 Å². The Bertz CT molecular complexity index is 1210. The van der Waals surface area contributed by atoms with Gasteiger partial charge in [-0.1, -0.05) is 0 Å². The van der Waals surface area contributed by atoms with Gasteiger partial charge in [0, 0.05) is 38.1 Å². The zero-order chi connectivity index (χ0) is 20.7. The van der Waals surface area contributed by atoms with Crippen LogP contribution in [0.4, 0.5) is 16.2 Å². The monoisotopic (exact) mass is 406 g/mol. The van der Waals surface area contributed by atoms with Gasteiger partial charge in [-0.15, -0.1) is 5.10 Å². The molecule has 1 saturated heterocycles. The van der Waals surface area contributed by atoms with Gasteiger partial charge in [-0.2, -0.15) is 4.98 Å². The van der Waals surface area contributed by atoms with E-state index in [-0.39, 0.29) is 6.04 Å². The topological polar surface area (TPSA) is 83.3 Å². The van der Waals surface area contributed by atoms with Crippen LogP contribution in [0, 0.1) is 0 Å². The van der Waals surface area contributed by atoms with E-state index in [1.165, 1.54) is 0 Å². The number of hydrogen-bond acceptors (Lipinski definition) is 7. The van der Waals surface area contributed by atoms with Crippen LogP contribution in [0.3, 0.4) is 0 Å². The van der Waals surface area contributed by atoms with Crippen LogP contribution in [-0.2, 0) is 0 Å². The average Bonchev–Trinajstić information content (AvgIpc) is 3.19. The number of nitrogens with one attached hydrogen (secondary N) is 2. The molecular weight excluding hydrogens is 383 g/mol. The molecule has 5 heterocycles. The van der Waals surface area contributed by atoms with Crippen LogP contribution in [0.25, 0.3) is 27.8 Å². The Hall–Kier alpha value is -3.33. The first-order valence-electron chi connectivity index (χ1n) is 10.0. The summed E-state index contributed by atoms with van der Waals surface area (Å²) in [6.07, 6.45) is 3.37. The summed E-state index contributed by atoms with van der Waals surface area (Å²) in [6, 6.07) is 9.38. The second-order valence-corrected chi connectivity index (χ2v) is 7.61. The van der Waals surface area contributed by atoms with E-state index in [1.54, 1.807) is 10.7 Å². The van der Waals surface area contributed by atoms with Crippen LogP contribution in [0.5, 0.6) is 0 Å². The van der Waals surface area contributed by atoms with Gasteiger partial charge < -0.3 is 15.5 Å². The summed E-state index contributed by atoms with van der Waals surface area (Å²) in [5, 5.41) is 10.9. The lowest BCUT2D eigenvalue weighted by atomic mass is 10.0. The molecule has 5 rings (SSSR count). The molecule has 9 heteroatoms. The number of anilines is 2. The highest BCUT2D eigenvalue weighted by atomic mass is 19.1. The Morgan fingerprint density at radius 2 is 2.03 bits per heavy atom. The van der Waals surface area contributed by atoms with E-state index in [0.717, 1.165) is 34.4 Å². The van der Waals surface area contributed by atoms with Crippen LogP contribution in [0.2, 0.25) is 0 Å². The maximum atomic E-state index is 14.4. The molecule has 4 aromatic rings. The van der Waals surface area contributed by atoms with E-state index in [2.05, 4.69) is 25.7 Å². The molecule has 4 aromatic heterocycles. The van der Waals surface area contributed by atoms with Crippen LogP contribution >= 0.6 is 0 Å². The molecule has 0 amide bonds. The second kappa shape index (κ2) is 7.49. The zero-order valence-corrected chi connectivity index (χ0v) is 16.9. The van der Waals surface area contributed by atoms with Crippen molar-refractivity contribution in [1.82, 2.24) is 29.5 Å². The number of rotatable bonds is 4. The number of hydrogen-bond donors (Lipinski definition) is 2. The van der Waals surface area contributed by atoms with E-state index in [1.807, 2.05) is 55.5 Å². The molecule has 30 heavy (non-hydrogen) atoms. The fourth-order valence-electron chi connectivity index (χ4n) is 3.96. The third kappa shape index (κ3) is 3.30. The Morgan fingerprint density at radius 3 is 2.87 bits per heavy atom. The number of pyridine rings is 2. The lowest BCUT2D eigenvalue weighted by Gasteiger charge is -2.32. The van der Waals surface area contributed by atoms with E-state index >= 15 is 0 Å². The summed E-state index contributed by atoms with van der Waals surface area (Å²) in [6.45, 7) is 1.25. The Kier molecular flexibility index (Phi) is 4.66. The Labute approximate surface area is 173 Å². The predicted octanol–water partition coefficient (Wildman–Crippen LogP) is 2.84. The van der Waals surface area contributed by atoms with Gasteiger partial charge in [-0.25, -0.2) is 13.9 Å². The smallest absolute Gasteiger partial charge is 0.243 e. The van der Waals surface area contributed by atoms with Crippen LogP contribution in [0.15, 0.2) is 42.7 Å². The molecule has 0 saturated carbocycles. The first-order chi connectivity index (χ1) is 14.6. The number of alkyl halides is 1. The number of halogens is 1. The van der Waals surface area contributed by atoms with E-state index < -0.39 is 6.17 Å². The minimum Gasteiger partial charge on any atom is -0.371 e. The van der Waals surface area contributed by atoms with Crippen molar-refractivity contribution in [3.05, 3.63) is 42.7 Å². The predicted molar refractivity (Wildman–Crippen MR) is 115 cm³/mol. The van der Waals surface area contributed by atoms with Crippen molar-refractivity contribution < 1.29 is 4.39 Å². The second-order valence-electron chi connectivity index (χ2n) is 7.61. The van der Waals surface area contributed by atoms with Crippen molar-refractivity contribution in [3.63, 3.8) is 0 Å². The molecule has 0 unspecified atom stereocenters. The van der Waals surface area contributed by atoms with Gasteiger partial charge in [0.15, 0.2) is 5.82 Å². The molecule has 0 bridgehead atoms. The summed E-state index contributed by atoms with van der Waals surface area (Å²) < 4.78 is 16.2. The summed E-state index contributed by atoms with van der Waals surface area (Å²) in [7, 11) is 3.75. The highest BCUT2D eigenvalue weighted by Crippen LogP contribution is 2.30. The van der Waals surface area contributed by atoms with Crippen LogP contribution < -0.4 is 10.6 Å². The largest absolute Gasteiger partial charge is 0.371 e. The SMILES string of the molecule is CNc1nc(N[C@@H]2CCN(C)C[C@@H]2F)nn2ccc(-c3ccc4ncccc4n3)c12. The third-order valence-electron chi connectivity index (χ3n) is 5.54. The summed E-state index contributed by atoms with van der Waals surface area (Å²) in [5.41, 5.74) is 4.23. The highest BCUT2D eigenvalue weighted by molar-refractivity contribution is 5.89. The number of piperidine rings is 1. The van der Waals surface area contributed by atoms with E-state index in [4.69, 9.17) is 4.98 Å². The summed E-state index contributed by atoms with van der Waals surface area (Å²) in [4.78, 5) is 15.7. The number of fused-ring (bicyclic) bond motifs is 2. The van der Waals surface area contributed by atoms with Gasteiger partial charge >= 0.3 is 0 Å². The van der Waals surface area contributed by atoms with Crippen molar-refractivity contribution >= 4 is 28.3 Å². The van der Waals surface area contributed by atoms with E-state index in [0.29, 0.717) is 24.7 Å². The highest BCUT2D eigenvalue weighted by Gasteiger charge is 2.28.